The summed E-state index contributed by atoms with van der Waals surface area (Å²) in [6.45, 7) is 0. The van der Waals surface area contributed by atoms with Crippen molar-refractivity contribution in [3.63, 3.8) is 0 Å². The van der Waals surface area contributed by atoms with Crippen LogP contribution in [0, 0.1) is 17.5 Å². The summed E-state index contributed by atoms with van der Waals surface area (Å²) in [5.41, 5.74) is 5.77. The first-order valence-corrected chi connectivity index (χ1v) is 5.23. The van der Waals surface area contributed by atoms with Gasteiger partial charge in [0.15, 0.2) is 0 Å². The van der Waals surface area contributed by atoms with Gasteiger partial charge < -0.3 is 10.6 Å². The van der Waals surface area contributed by atoms with Crippen LogP contribution in [0.2, 0.25) is 0 Å². The smallest absolute Gasteiger partial charge is 0.148 e. The number of anilines is 3. The van der Waals surface area contributed by atoms with Gasteiger partial charge in [0.25, 0.3) is 0 Å². The standard InChI is InChI=1S/C13H11F3N2/c1-18(9-3-5-12(17)11(16)7-9)13-6-8(14)2-4-10(13)15/h2-7H,17H2,1H3. The van der Waals surface area contributed by atoms with Crippen LogP contribution < -0.4 is 10.6 Å². The third kappa shape index (κ3) is 2.25. The van der Waals surface area contributed by atoms with E-state index in [0.29, 0.717) is 5.69 Å². The van der Waals surface area contributed by atoms with Crippen LogP contribution in [0.25, 0.3) is 0 Å². The molecule has 0 aliphatic rings. The predicted molar refractivity (Wildman–Crippen MR) is 65.2 cm³/mol. The van der Waals surface area contributed by atoms with Gasteiger partial charge in [0.05, 0.1) is 11.4 Å². The third-order valence-corrected chi connectivity index (χ3v) is 2.64. The minimum atomic E-state index is -0.601. The van der Waals surface area contributed by atoms with E-state index < -0.39 is 17.5 Å². The van der Waals surface area contributed by atoms with Crippen LogP contribution in [-0.4, -0.2) is 7.05 Å². The van der Waals surface area contributed by atoms with Crippen LogP contribution >= 0.6 is 0 Å². The number of hydrogen-bond acceptors (Lipinski definition) is 2. The molecular formula is C13H11F3N2. The van der Waals surface area contributed by atoms with Crippen molar-refractivity contribution < 1.29 is 13.2 Å². The zero-order valence-electron chi connectivity index (χ0n) is 9.62. The second kappa shape index (κ2) is 4.60. The molecule has 0 aromatic heterocycles. The van der Waals surface area contributed by atoms with Gasteiger partial charge in [0.1, 0.15) is 17.5 Å². The van der Waals surface area contributed by atoms with Gasteiger partial charge in [0.2, 0.25) is 0 Å². The molecular weight excluding hydrogens is 241 g/mol. The number of rotatable bonds is 2. The SMILES string of the molecule is CN(c1ccc(N)c(F)c1)c1cc(F)ccc1F. The van der Waals surface area contributed by atoms with E-state index in [1.807, 2.05) is 0 Å². The van der Waals surface area contributed by atoms with Crippen LogP contribution in [0.3, 0.4) is 0 Å². The van der Waals surface area contributed by atoms with Gasteiger partial charge in [0, 0.05) is 18.8 Å². The molecule has 2 rings (SSSR count). The van der Waals surface area contributed by atoms with Crippen molar-refractivity contribution >= 4 is 17.1 Å². The molecule has 0 heterocycles. The van der Waals surface area contributed by atoms with E-state index in [-0.39, 0.29) is 11.4 Å². The molecule has 0 atom stereocenters. The average molecular weight is 252 g/mol. The van der Waals surface area contributed by atoms with Crippen molar-refractivity contribution in [2.45, 2.75) is 0 Å². The lowest BCUT2D eigenvalue weighted by molar-refractivity contribution is 0.600. The fourth-order valence-corrected chi connectivity index (χ4v) is 1.61. The summed E-state index contributed by atoms with van der Waals surface area (Å²) in [4.78, 5) is 1.35. The Hall–Kier alpha value is -2.17. The topological polar surface area (TPSA) is 29.3 Å². The minimum Gasteiger partial charge on any atom is -0.396 e. The van der Waals surface area contributed by atoms with E-state index >= 15 is 0 Å². The number of nitrogens with zero attached hydrogens (tertiary/aromatic N) is 1. The Morgan fingerprint density at radius 1 is 0.944 bits per heavy atom. The summed E-state index contributed by atoms with van der Waals surface area (Å²) < 4.78 is 40.0. The van der Waals surface area contributed by atoms with E-state index in [0.717, 1.165) is 18.2 Å². The van der Waals surface area contributed by atoms with Crippen LogP contribution in [0.15, 0.2) is 36.4 Å². The predicted octanol–water partition coefficient (Wildman–Crippen LogP) is 3.45. The number of benzene rings is 2. The maximum Gasteiger partial charge on any atom is 0.148 e. The lowest BCUT2D eigenvalue weighted by Gasteiger charge is -2.20. The van der Waals surface area contributed by atoms with Gasteiger partial charge in [-0.3, -0.25) is 0 Å². The first-order valence-electron chi connectivity index (χ1n) is 5.23. The van der Waals surface area contributed by atoms with Crippen LogP contribution in [-0.2, 0) is 0 Å². The molecule has 2 nitrogen and oxygen atoms in total. The number of nitrogen functional groups attached to an aromatic ring is 1. The molecule has 2 N–H and O–H groups in total. The second-order valence-corrected chi connectivity index (χ2v) is 3.86. The summed E-state index contributed by atoms with van der Waals surface area (Å²) in [5.74, 6) is -1.75. The minimum absolute atomic E-state index is 0.00636. The highest BCUT2D eigenvalue weighted by Gasteiger charge is 2.12. The summed E-state index contributed by atoms with van der Waals surface area (Å²) in [5, 5.41) is 0. The Labute approximate surface area is 102 Å². The summed E-state index contributed by atoms with van der Waals surface area (Å²) in [7, 11) is 1.52. The molecule has 5 heteroatoms. The highest BCUT2D eigenvalue weighted by molar-refractivity contribution is 5.65. The van der Waals surface area contributed by atoms with Gasteiger partial charge in [-0.25, -0.2) is 13.2 Å². The Balaban J connectivity index is 2.44. The fraction of sp³-hybridized carbons (Fsp3) is 0.0769. The second-order valence-electron chi connectivity index (χ2n) is 3.86. The Bertz CT molecular complexity index is 584. The van der Waals surface area contributed by atoms with Crippen LogP contribution in [0.4, 0.5) is 30.2 Å². The van der Waals surface area contributed by atoms with Gasteiger partial charge in [-0.1, -0.05) is 0 Å². The molecule has 0 amide bonds. The van der Waals surface area contributed by atoms with Crippen molar-refractivity contribution in [2.75, 3.05) is 17.7 Å². The highest BCUT2D eigenvalue weighted by atomic mass is 19.1. The molecule has 0 aliphatic carbocycles. The maximum atomic E-state index is 13.6. The van der Waals surface area contributed by atoms with Crippen molar-refractivity contribution in [3.8, 4) is 0 Å². The average Bonchev–Trinajstić information content (AvgIpc) is 2.35. The number of halogens is 3. The quantitative estimate of drug-likeness (QED) is 0.829. The van der Waals surface area contributed by atoms with E-state index in [2.05, 4.69) is 0 Å². The molecule has 0 fully saturated rings. The fourth-order valence-electron chi connectivity index (χ4n) is 1.61. The lowest BCUT2D eigenvalue weighted by atomic mass is 10.2. The highest BCUT2D eigenvalue weighted by Crippen LogP contribution is 2.28. The van der Waals surface area contributed by atoms with Crippen molar-refractivity contribution in [1.82, 2.24) is 0 Å². The Morgan fingerprint density at radius 3 is 2.33 bits per heavy atom. The number of nitrogens with two attached hydrogens (primary N) is 1. The lowest BCUT2D eigenvalue weighted by Crippen LogP contribution is -2.12. The van der Waals surface area contributed by atoms with Gasteiger partial charge in [-0.15, -0.1) is 0 Å². The van der Waals surface area contributed by atoms with Crippen molar-refractivity contribution in [1.29, 1.82) is 0 Å². The van der Waals surface area contributed by atoms with Gasteiger partial charge in [-0.2, -0.15) is 0 Å². The van der Waals surface area contributed by atoms with Gasteiger partial charge >= 0.3 is 0 Å². The Morgan fingerprint density at radius 2 is 1.67 bits per heavy atom. The molecule has 0 saturated heterocycles. The normalized spacial score (nSPS) is 10.4. The molecule has 94 valence electrons. The van der Waals surface area contributed by atoms with E-state index in [1.165, 1.54) is 30.1 Å². The molecule has 2 aromatic rings. The van der Waals surface area contributed by atoms with E-state index in [9.17, 15) is 13.2 Å². The zero-order chi connectivity index (χ0) is 13.3. The maximum absolute atomic E-state index is 13.6. The summed E-state index contributed by atoms with van der Waals surface area (Å²) >= 11 is 0. The first-order chi connectivity index (χ1) is 8.49. The number of hydrogen-bond donors (Lipinski definition) is 1. The van der Waals surface area contributed by atoms with Gasteiger partial charge in [-0.05, 0) is 30.3 Å². The Kier molecular flexibility index (Phi) is 3.14. The van der Waals surface area contributed by atoms with E-state index in [1.54, 1.807) is 0 Å². The van der Waals surface area contributed by atoms with Crippen molar-refractivity contribution in [3.05, 3.63) is 53.8 Å². The first kappa shape index (κ1) is 12.3. The molecule has 0 saturated carbocycles. The van der Waals surface area contributed by atoms with E-state index in [4.69, 9.17) is 5.73 Å². The molecule has 0 spiro atoms. The molecule has 2 aromatic carbocycles. The zero-order valence-corrected chi connectivity index (χ0v) is 9.62. The molecule has 0 unspecified atom stereocenters. The summed E-state index contributed by atoms with van der Waals surface area (Å²) in [6.07, 6.45) is 0. The third-order valence-electron chi connectivity index (χ3n) is 2.64. The van der Waals surface area contributed by atoms with Crippen molar-refractivity contribution in [2.24, 2.45) is 0 Å². The molecule has 0 radical (unpaired) electrons. The molecule has 0 aliphatic heterocycles. The molecule has 0 bridgehead atoms. The van der Waals surface area contributed by atoms with Crippen LogP contribution in [0.5, 0.6) is 0 Å². The largest absolute Gasteiger partial charge is 0.396 e. The van der Waals surface area contributed by atoms with Crippen LogP contribution in [0.1, 0.15) is 0 Å². The summed E-state index contributed by atoms with van der Waals surface area (Å²) in [6, 6.07) is 7.16. The molecule has 18 heavy (non-hydrogen) atoms. The monoisotopic (exact) mass is 252 g/mol.